The van der Waals surface area contributed by atoms with Gasteiger partial charge < -0.3 is 4.74 Å². The zero-order chi connectivity index (χ0) is 17.5. The fourth-order valence-corrected chi connectivity index (χ4v) is 2.98. The third kappa shape index (κ3) is 4.16. The van der Waals surface area contributed by atoms with Crippen LogP contribution in [-0.4, -0.2) is 5.97 Å². The smallest absolute Gasteiger partial charge is 0.316 e. The van der Waals surface area contributed by atoms with E-state index in [4.69, 9.17) is 4.74 Å². The van der Waals surface area contributed by atoms with Crippen LogP contribution in [-0.2, 0) is 28.0 Å². The molecule has 0 saturated heterocycles. The molecule has 2 nitrogen and oxygen atoms in total. The normalized spacial score (nSPS) is 13.0. The molecule has 1 unspecified atom stereocenters. The lowest BCUT2D eigenvalue weighted by Gasteiger charge is -2.28. The lowest BCUT2D eigenvalue weighted by molar-refractivity contribution is -0.151. The van der Waals surface area contributed by atoms with Crippen molar-refractivity contribution in [2.45, 2.75) is 25.4 Å². The first kappa shape index (κ1) is 17.0. The number of esters is 1. The maximum absolute atomic E-state index is 13.0. The van der Waals surface area contributed by atoms with Crippen LogP contribution in [0, 0.1) is 0 Å². The van der Waals surface area contributed by atoms with Gasteiger partial charge in [-0.05, 0) is 30.0 Å². The molecule has 0 N–H and O–H groups in total. The van der Waals surface area contributed by atoms with E-state index in [1.54, 1.807) is 0 Å². The second-order valence-corrected chi connectivity index (χ2v) is 6.42. The highest BCUT2D eigenvalue weighted by atomic mass is 16.5. The SMILES string of the molecule is CC(Cc1ccccc1)(C(=O)OCc1ccccc1)c1ccccc1. The van der Waals surface area contributed by atoms with Gasteiger partial charge in [0.1, 0.15) is 6.61 Å². The Kier molecular flexibility index (Phi) is 5.30. The highest BCUT2D eigenvalue weighted by Crippen LogP contribution is 2.30. The van der Waals surface area contributed by atoms with Gasteiger partial charge in [-0.15, -0.1) is 0 Å². The molecule has 0 aliphatic carbocycles. The molecule has 3 rings (SSSR count). The largest absolute Gasteiger partial charge is 0.460 e. The molecule has 1 atom stereocenters. The molecule has 0 aliphatic rings. The Morgan fingerprint density at radius 1 is 0.760 bits per heavy atom. The molecule has 0 radical (unpaired) electrons. The Balaban J connectivity index is 1.84. The lowest BCUT2D eigenvalue weighted by atomic mass is 9.77. The highest BCUT2D eigenvalue weighted by molar-refractivity contribution is 5.83. The summed E-state index contributed by atoms with van der Waals surface area (Å²) in [6, 6.07) is 29.7. The number of benzene rings is 3. The van der Waals surface area contributed by atoms with Crippen LogP contribution in [0.5, 0.6) is 0 Å². The van der Waals surface area contributed by atoms with Crippen LogP contribution in [0.15, 0.2) is 91.0 Å². The standard InChI is InChI=1S/C23H22O2/c1-23(21-15-9-4-10-16-21,17-19-11-5-2-6-12-19)22(24)25-18-20-13-7-3-8-14-20/h2-16H,17-18H2,1H3. The van der Waals surface area contributed by atoms with Gasteiger partial charge in [0.2, 0.25) is 0 Å². The summed E-state index contributed by atoms with van der Waals surface area (Å²) in [6.07, 6.45) is 0.603. The molecule has 0 saturated carbocycles. The van der Waals surface area contributed by atoms with Gasteiger partial charge in [0.25, 0.3) is 0 Å². The van der Waals surface area contributed by atoms with E-state index in [1.165, 1.54) is 0 Å². The molecule has 25 heavy (non-hydrogen) atoms. The molecule has 3 aromatic rings. The van der Waals surface area contributed by atoms with Gasteiger partial charge in [0.15, 0.2) is 0 Å². The zero-order valence-electron chi connectivity index (χ0n) is 14.4. The molecule has 0 amide bonds. The van der Waals surface area contributed by atoms with Gasteiger partial charge in [-0.1, -0.05) is 91.0 Å². The van der Waals surface area contributed by atoms with E-state index in [-0.39, 0.29) is 12.6 Å². The summed E-state index contributed by atoms with van der Waals surface area (Å²) in [5.41, 5.74) is 2.35. The minimum absolute atomic E-state index is 0.202. The van der Waals surface area contributed by atoms with E-state index < -0.39 is 5.41 Å². The van der Waals surface area contributed by atoms with Gasteiger partial charge >= 0.3 is 5.97 Å². The third-order valence-electron chi connectivity index (χ3n) is 4.47. The van der Waals surface area contributed by atoms with E-state index in [2.05, 4.69) is 0 Å². The number of rotatable bonds is 6. The van der Waals surface area contributed by atoms with E-state index in [9.17, 15) is 4.79 Å². The van der Waals surface area contributed by atoms with Crippen LogP contribution in [0.2, 0.25) is 0 Å². The van der Waals surface area contributed by atoms with Crippen LogP contribution in [0.4, 0.5) is 0 Å². The first-order valence-corrected chi connectivity index (χ1v) is 8.49. The minimum atomic E-state index is -0.725. The first-order chi connectivity index (χ1) is 12.2. The average Bonchev–Trinajstić information content (AvgIpc) is 2.68. The van der Waals surface area contributed by atoms with Crippen molar-refractivity contribution in [1.82, 2.24) is 0 Å². The van der Waals surface area contributed by atoms with Crippen LogP contribution in [0.1, 0.15) is 23.6 Å². The van der Waals surface area contributed by atoms with Crippen molar-refractivity contribution in [3.05, 3.63) is 108 Å². The molecule has 0 aromatic heterocycles. The maximum Gasteiger partial charge on any atom is 0.316 e. The Morgan fingerprint density at radius 2 is 1.24 bits per heavy atom. The van der Waals surface area contributed by atoms with E-state index in [0.29, 0.717) is 6.42 Å². The first-order valence-electron chi connectivity index (χ1n) is 8.49. The fraction of sp³-hybridized carbons (Fsp3) is 0.174. The van der Waals surface area contributed by atoms with Crippen molar-refractivity contribution in [3.63, 3.8) is 0 Å². The van der Waals surface area contributed by atoms with Gasteiger partial charge in [0, 0.05) is 0 Å². The van der Waals surface area contributed by atoms with Crippen molar-refractivity contribution >= 4 is 5.97 Å². The van der Waals surface area contributed by atoms with Gasteiger partial charge in [-0.25, -0.2) is 0 Å². The molecule has 0 aliphatic heterocycles. The molecule has 0 bridgehead atoms. The van der Waals surface area contributed by atoms with Crippen LogP contribution >= 0.6 is 0 Å². The molecule has 0 fully saturated rings. The predicted molar refractivity (Wildman–Crippen MR) is 100 cm³/mol. The van der Waals surface area contributed by atoms with Gasteiger partial charge in [-0.2, -0.15) is 0 Å². The van der Waals surface area contributed by atoms with Crippen molar-refractivity contribution in [2.75, 3.05) is 0 Å². The van der Waals surface area contributed by atoms with Crippen LogP contribution < -0.4 is 0 Å². The molecule has 126 valence electrons. The molecular formula is C23H22O2. The number of carbonyl (C=O) groups is 1. The topological polar surface area (TPSA) is 26.3 Å². The monoisotopic (exact) mass is 330 g/mol. The average molecular weight is 330 g/mol. The second-order valence-electron chi connectivity index (χ2n) is 6.42. The van der Waals surface area contributed by atoms with E-state index in [0.717, 1.165) is 16.7 Å². The minimum Gasteiger partial charge on any atom is -0.460 e. The third-order valence-corrected chi connectivity index (χ3v) is 4.47. The van der Waals surface area contributed by atoms with Gasteiger partial charge in [0.05, 0.1) is 5.41 Å². The number of carbonyl (C=O) groups excluding carboxylic acids is 1. The van der Waals surface area contributed by atoms with Gasteiger partial charge in [-0.3, -0.25) is 4.79 Å². The fourth-order valence-electron chi connectivity index (χ4n) is 2.98. The van der Waals surface area contributed by atoms with Crippen molar-refractivity contribution in [3.8, 4) is 0 Å². The molecular weight excluding hydrogens is 308 g/mol. The summed E-state index contributed by atoms with van der Waals surface area (Å²) in [5, 5.41) is 0. The molecule has 0 spiro atoms. The summed E-state index contributed by atoms with van der Waals surface area (Å²) in [4.78, 5) is 13.0. The molecule has 3 aromatic carbocycles. The predicted octanol–water partition coefficient (Wildman–Crippen LogP) is 4.93. The molecule has 0 heterocycles. The summed E-state index contributed by atoms with van der Waals surface area (Å²) in [6.45, 7) is 2.25. The van der Waals surface area contributed by atoms with E-state index >= 15 is 0 Å². The van der Waals surface area contributed by atoms with E-state index in [1.807, 2.05) is 97.9 Å². The zero-order valence-corrected chi connectivity index (χ0v) is 14.4. The highest BCUT2D eigenvalue weighted by Gasteiger charge is 2.37. The van der Waals surface area contributed by atoms with Crippen molar-refractivity contribution < 1.29 is 9.53 Å². The van der Waals surface area contributed by atoms with Crippen LogP contribution in [0.3, 0.4) is 0 Å². The lowest BCUT2D eigenvalue weighted by Crippen LogP contribution is -2.36. The Labute approximate surface area is 149 Å². The Morgan fingerprint density at radius 3 is 1.80 bits per heavy atom. The van der Waals surface area contributed by atoms with Crippen LogP contribution in [0.25, 0.3) is 0 Å². The van der Waals surface area contributed by atoms with Crippen molar-refractivity contribution in [2.24, 2.45) is 0 Å². The summed E-state index contributed by atoms with van der Waals surface area (Å²) in [7, 11) is 0. The van der Waals surface area contributed by atoms with Crippen molar-refractivity contribution in [1.29, 1.82) is 0 Å². The summed E-state index contributed by atoms with van der Waals surface area (Å²) in [5.74, 6) is -0.202. The maximum atomic E-state index is 13.0. The number of hydrogen-bond donors (Lipinski definition) is 0. The quantitative estimate of drug-likeness (QED) is 0.599. The summed E-state index contributed by atoms with van der Waals surface area (Å²) < 4.78 is 5.68. The Bertz CT molecular complexity index is 797. The number of ether oxygens (including phenoxy) is 1. The second kappa shape index (κ2) is 7.80. The number of hydrogen-bond acceptors (Lipinski definition) is 2. The molecule has 2 heteroatoms. The summed E-state index contributed by atoms with van der Waals surface area (Å²) >= 11 is 0. The Hall–Kier alpha value is -2.87.